The summed E-state index contributed by atoms with van der Waals surface area (Å²) in [7, 11) is -0.587. The third-order valence-electron chi connectivity index (χ3n) is 6.62. The van der Waals surface area contributed by atoms with Crippen molar-refractivity contribution in [1.29, 1.82) is 0 Å². The van der Waals surface area contributed by atoms with Gasteiger partial charge >= 0.3 is 12.1 Å². The third-order valence-corrected chi connectivity index (χ3v) is 11.1. The van der Waals surface area contributed by atoms with Crippen LogP contribution in [0, 0.1) is 5.92 Å². The summed E-state index contributed by atoms with van der Waals surface area (Å²) in [5.74, 6) is -0.255. The fourth-order valence-electron chi connectivity index (χ4n) is 3.72. The molecule has 1 N–H and O–H groups in total. The average Bonchev–Trinajstić information content (AvgIpc) is 2.72. The van der Waals surface area contributed by atoms with E-state index in [2.05, 4.69) is 39.2 Å². The third kappa shape index (κ3) is 7.65. The van der Waals surface area contributed by atoms with Gasteiger partial charge in [-0.15, -0.1) is 0 Å². The van der Waals surface area contributed by atoms with E-state index in [0.29, 0.717) is 6.42 Å². The Morgan fingerprint density at radius 2 is 1.77 bits per heavy atom. The zero-order valence-electron chi connectivity index (χ0n) is 19.9. The first kappa shape index (κ1) is 25.4. The molecule has 1 unspecified atom stereocenters. The van der Waals surface area contributed by atoms with Gasteiger partial charge in [0.05, 0.1) is 7.11 Å². The number of amides is 1. The van der Waals surface area contributed by atoms with Gasteiger partial charge in [-0.25, -0.2) is 9.59 Å². The summed E-state index contributed by atoms with van der Waals surface area (Å²) < 4.78 is 17.0. The molecule has 0 aliphatic heterocycles. The van der Waals surface area contributed by atoms with Gasteiger partial charge < -0.3 is 19.2 Å². The first-order valence-corrected chi connectivity index (χ1v) is 14.2. The molecule has 1 amide bonds. The van der Waals surface area contributed by atoms with E-state index in [0.717, 1.165) is 31.2 Å². The number of rotatable bonds is 8. The van der Waals surface area contributed by atoms with Crippen LogP contribution in [0.5, 0.6) is 0 Å². The average molecular weight is 450 g/mol. The first-order valence-electron chi connectivity index (χ1n) is 11.3. The van der Waals surface area contributed by atoms with Crippen LogP contribution in [0.25, 0.3) is 0 Å². The fraction of sp³-hybridized carbons (Fsp3) is 0.667. The van der Waals surface area contributed by atoms with E-state index in [1.54, 1.807) is 0 Å². The Labute approximate surface area is 188 Å². The van der Waals surface area contributed by atoms with Crippen molar-refractivity contribution in [2.24, 2.45) is 5.92 Å². The van der Waals surface area contributed by atoms with E-state index in [9.17, 15) is 9.59 Å². The Morgan fingerprint density at radius 1 is 1.13 bits per heavy atom. The number of hydrogen-bond acceptors (Lipinski definition) is 5. The molecule has 0 saturated heterocycles. The summed E-state index contributed by atoms with van der Waals surface area (Å²) in [5, 5.41) is 2.84. The minimum Gasteiger partial charge on any atom is -0.467 e. The predicted molar refractivity (Wildman–Crippen MR) is 124 cm³/mol. The summed E-state index contributed by atoms with van der Waals surface area (Å²) >= 11 is 0. The second-order valence-corrected chi connectivity index (χ2v) is 14.7. The van der Waals surface area contributed by atoms with Gasteiger partial charge in [-0.3, -0.25) is 0 Å². The maximum atomic E-state index is 12.4. The minimum absolute atomic E-state index is 0.101. The molecular weight excluding hydrogens is 410 g/mol. The maximum absolute atomic E-state index is 12.4. The number of nitrogens with one attached hydrogen (secondary N) is 1. The molecular formula is C24H39NO5Si. The molecule has 6 nitrogen and oxygen atoms in total. The summed E-state index contributed by atoms with van der Waals surface area (Å²) in [6.07, 6.45) is 4.18. The first-order chi connectivity index (χ1) is 14.5. The molecule has 31 heavy (non-hydrogen) atoms. The quantitative estimate of drug-likeness (QED) is 0.423. The highest BCUT2D eigenvalue weighted by molar-refractivity contribution is 6.74. The number of methoxy groups -OCH3 is 1. The molecule has 7 heteroatoms. The van der Waals surface area contributed by atoms with Crippen molar-refractivity contribution in [3.8, 4) is 0 Å². The van der Waals surface area contributed by atoms with Crippen LogP contribution >= 0.6 is 0 Å². The zero-order chi connectivity index (χ0) is 23.1. The highest BCUT2D eigenvalue weighted by Gasteiger charge is 2.42. The lowest BCUT2D eigenvalue weighted by Gasteiger charge is -2.43. The van der Waals surface area contributed by atoms with Crippen LogP contribution < -0.4 is 5.32 Å². The monoisotopic (exact) mass is 449 g/mol. The number of esters is 1. The molecule has 2 rings (SSSR count). The highest BCUT2D eigenvalue weighted by atomic mass is 28.4. The van der Waals surface area contributed by atoms with Crippen molar-refractivity contribution >= 4 is 20.4 Å². The van der Waals surface area contributed by atoms with Crippen LogP contribution in [0.3, 0.4) is 0 Å². The van der Waals surface area contributed by atoms with Crippen LogP contribution in [0.4, 0.5) is 4.79 Å². The van der Waals surface area contributed by atoms with E-state index in [4.69, 9.17) is 13.9 Å². The molecule has 3 atom stereocenters. The summed E-state index contributed by atoms with van der Waals surface area (Å²) in [6, 6.07) is 8.70. The lowest BCUT2D eigenvalue weighted by molar-refractivity contribution is -0.143. The Hall–Kier alpha value is -1.86. The van der Waals surface area contributed by atoms with Crippen LogP contribution in [0.1, 0.15) is 58.4 Å². The number of ether oxygens (including phenoxy) is 2. The van der Waals surface area contributed by atoms with Crippen LogP contribution in [-0.2, 0) is 25.3 Å². The smallest absolute Gasteiger partial charge is 0.408 e. The van der Waals surface area contributed by atoms with Gasteiger partial charge in [-0.05, 0) is 48.9 Å². The molecule has 1 fully saturated rings. The zero-order valence-corrected chi connectivity index (χ0v) is 20.9. The number of alkyl carbamates (subject to hydrolysis) is 1. The van der Waals surface area contributed by atoms with E-state index in [1.165, 1.54) is 7.11 Å². The minimum atomic E-state index is -1.93. The van der Waals surface area contributed by atoms with Gasteiger partial charge in [0.2, 0.25) is 0 Å². The lowest BCUT2D eigenvalue weighted by atomic mass is 9.82. The van der Waals surface area contributed by atoms with Crippen LogP contribution in [0.2, 0.25) is 18.1 Å². The van der Waals surface area contributed by atoms with E-state index < -0.39 is 26.4 Å². The van der Waals surface area contributed by atoms with Gasteiger partial charge in [0.1, 0.15) is 12.6 Å². The summed E-state index contributed by atoms with van der Waals surface area (Å²) in [6.45, 7) is 11.4. The fourth-order valence-corrected chi connectivity index (χ4v) is 5.14. The Bertz CT molecular complexity index is 716. The molecule has 0 aromatic heterocycles. The Balaban J connectivity index is 2.02. The second kappa shape index (κ2) is 11.1. The molecule has 0 spiro atoms. The lowest BCUT2D eigenvalue weighted by Crippen LogP contribution is -2.49. The van der Waals surface area contributed by atoms with Crippen molar-refractivity contribution in [3.05, 3.63) is 35.9 Å². The summed E-state index contributed by atoms with van der Waals surface area (Å²) in [5.41, 5.74) is 0.891. The van der Waals surface area contributed by atoms with Crippen LogP contribution in [-0.4, -0.2) is 39.6 Å². The second-order valence-electron chi connectivity index (χ2n) is 9.98. The van der Waals surface area contributed by atoms with Crippen molar-refractivity contribution in [1.82, 2.24) is 5.32 Å². The van der Waals surface area contributed by atoms with Crippen molar-refractivity contribution in [2.45, 2.75) is 89.8 Å². The molecule has 1 saturated carbocycles. The van der Waals surface area contributed by atoms with Crippen LogP contribution in [0.15, 0.2) is 30.3 Å². The molecule has 174 valence electrons. The van der Waals surface area contributed by atoms with Gasteiger partial charge in [0, 0.05) is 6.10 Å². The molecule has 1 aromatic rings. The van der Waals surface area contributed by atoms with E-state index in [-0.39, 0.29) is 23.7 Å². The molecule has 1 aromatic carbocycles. The Kier molecular flexibility index (Phi) is 9.12. The predicted octanol–water partition coefficient (Wildman–Crippen LogP) is 5.43. The van der Waals surface area contributed by atoms with Crippen molar-refractivity contribution in [2.75, 3.05) is 7.11 Å². The molecule has 0 heterocycles. The van der Waals surface area contributed by atoms with Crippen molar-refractivity contribution in [3.63, 3.8) is 0 Å². The SMILES string of the molecule is COC(=O)C(C[C@H]1CCCC[C@H]1O[Si](C)(C)C(C)(C)C)NC(=O)OCc1ccccc1. The van der Waals surface area contributed by atoms with Gasteiger partial charge in [-0.1, -0.05) is 63.9 Å². The molecule has 0 radical (unpaired) electrons. The van der Waals surface area contributed by atoms with Gasteiger partial charge in [0.25, 0.3) is 0 Å². The number of carbonyl (C=O) groups excluding carboxylic acids is 2. The number of hydrogen-bond donors (Lipinski definition) is 1. The topological polar surface area (TPSA) is 73.9 Å². The number of carbonyl (C=O) groups is 2. The van der Waals surface area contributed by atoms with Gasteiger partial charge in [-0.2, -0.15) is 0 Å². The van der Waals surface area contributed by atoms with E-state index >= 15 is 0 Å². The number of benzene rings is 1. The van der Waals surface area contributed by atoms with E-state index in [1.807, 2.05) is 30.3 Å². The van der Waals surface area contributed by atoms with Crippen molar-refractivity contribution < 1.29 is 23.5 Å². The normalized spacial score (nSPS) is 20.6. The largest absolute Gasteiger partial charge is 0.467 e. The highest BCUT2D eigenvalue weighted by Crippen LogP contribution is 2.41. The Morgan fingerprint density at radius 3 is 2.39 bits per heavy atom. The molecule has 1 aliphatic carbocycles. The standard InChI is InChI=1S/C24H39NO5Si/c1-24(2,3)31(5,6)30-21-15-11-10-14-19(21)16-20(22(26)28-4)25-23(27)29-17-18-12-8-7-9-13-18/h7-9,12-13,19-21H,10-11,14-17H2,1-6H3,(H,25,27)/t19-,20?,21-/m1/s1. The van der Waals surface area contributed by atoms with Gasteiger partial charge in [0.15, 0.2) is 8.32 Å². The molecule has 0 bridgehead atoms. The maximum Gasteiger partial charge on any atom is 0.408 e. The molecule has 1 aliphatic rings. The summed E-state index contributed by atoms with van der Waals surface area (Å²) in [4.78, 5) is 24.8.